The van der Waals surface area contributed by atoms with E-state index in [1.807, 2.05) is 0 Å². The second-order valence-electron chi connectivity index (χ2n) is 3.58. The van der Waals surface area contributed by atoms with Crippen LogP contribution in [0.5, 0.6) is 0 Å². The van der Waals surface area contributed by atoms with Crippen molar-refractivity contribution in [3.63, 3.8) is 0 Å². The molecule has 0 amide bonds. The Kier molecular flexibility index (Phi) is 3.05. The molecule has 0 unspecified atom stereocenters. The normalized spacial score (nSPS) is 10.4. The lowest BCUT2D eigenvalue weighted by atomic mass is 10.4. The fourth-order valence-corrected chi connectivity index (χ4v) is 2.26. The highest BCUT2D eigenvalue weighted by molar-refractivity contribution is 7.11. The van der Waals surface area contributed by atoms with E-state index in [1.54, 1.807) is 18.3 Å². The molecule has 0 bridgehead atoms. The molecule has 2 N–H and O–H groups in total. The summed E-state index contributed by atoms with van der Waals surface area (Å²) >= 11 is 1.74. The van der Waals surface area contributed by atoms with E-state index >= 15 is 0 Å². The number of nitrogens with one attached hydrogen (secondary N) is 2. The molecule has 2 heterocycles. The summed E-state index contributed by atoms with van der Waals surface area (Å²) in [7, 11) is 0. The Balaban J connectivity index is 2.07. The molecule has 2 rings (SSSR count). The van der Waals surface area contributed by atoms with E-state index in [0.29, 0.717) is 18.2 Å². The van der Waals surface area contributed by atoms with Gasteiger partial charge in [0.2, 0.25) is 0 Å². The quantitative estimate of drug-likeness (QED) is 0.856. The first-order valence-corrected chi connectivity index (χ1v) is 5.82. The molecule has 0 saturated heterocycles. The van der Waals surface area contributed by atoms with Crippen molar-refractivity contribution in [2.24, 2.45) is 0 Å². The van der Waals surface area contributed by atoms with Crippen molar-refractivity contribution < 1.29 is 0 Å². The summed E-state index contributed by atoms with van der Waals surface area (Å²) < 4.78 is 0. The molecule has 0 fully saturated rings. The van der Waals surface area contributed by atoms with E-state index in [0.717, 1.165) is 0 Å². The Hall–Kier alpha value is -1.62. The minimum Gasteiger partial charge on any atom is -0.365 e. The lowest BCUT2D eigenvalue weighted by Gasteiger charge is -2.03. The maximum atomic E-state index is 11.2. The van der Waals surface area contributed by atoms with Crippen LogP contribution in [0.15, 0.2) is 23.0 Å². The van der Waals surface area contributed by atoms with Crippen LogP contribution in [0.3, 0.4) is 0 Å². The minimum absolute atomic E-state index is 0.127. The Morgan fingerprint density at radius 1 is 1.44 bits per heavy atom. The van der Waals surface area contributed by atoms with Crippen LogP contribution >= 0.6 is 11.3 Å². The molecule has 0 aliphatic carbocycles. The molecular formula is C11H13N3OS. The number of anilines is 1. The number of rotatable bonds is 3. The molecule has 2 aromatic rings. The van der Waals surface area contributed by atoms with Gasteiger partial charge in [0.15, 0.2) is 0 Å². The molecule has 2 aromatic heterocycles. The van der Waals surface area contributed by atoms with Gasteiger partial charge >= 0.3 is 0 Å². The first-order chi connectivity index (χ1) is 7.63. The summed E-state index contributed by atoms with van der Waals surface area (Å²) in [6, 6.07) is 5.62. The van der Waals surface area contributed by atoms with Crippen LogP contribution in [0.25, 0.3) is 0 Å². The number of thiophene rings is 1. The van der Waals surface area contributed by atoms with Crippen LogP contribution in [-0.2, 0) is 6.54 Å². The fraction of sp³-hybridized carbons (Fsp3) is 0.273. The molecule has 0 atom stereocenters. The molecule has 0 aliphatic rings. The van der Waals surface area contributed by atoms with E-state index in [9.17, 15) is 4.79 Å². The van der Waals surface area contributed by atoms with E-state index in [-0.39, 0.29) is 5.56 Å². The average Bonchev–Trinajstić information content (AvgIpc) is 2.60. The maximum Gasteiger partial charge on any atom is 0.252 e. The van der Waals surface area contributed by atoms with E-state index < -0.39 is 0 Å². The predicted molar refractivity (Wildman–Crippen MR) is 66.0 cm³/mol. The molecule has 4 nitrogen and oxygen atoms in total. The summed E-state index contributed by atoms with van der Waals surface area (Å²) in [5, 5.41) is 3.14. The van der Waals surface area contributed by atoms with Gasteiger partial charge in [-0.15, -0.1) is 11.3 Å². The zero-order valence-electron chi connectivity index (χ0n) is 9.20. The van der Waals surface area contributed by atoms with Crippen LogP contribution in [0.4, 0.5) is 5.82 Å². The zero-order valence-corrected chi connectivity index (χ0v) is 10.0. The SMILES string of the molecule is Cc1nc(NCc2ccc(C)s2)cc(=O)[nH]1. The topological polar surface area (TPSA) is 57.8 Å². The molecule has 0 saturated carbocycles. The third kappa shape index (κ3) is 2.70. The van der Waals surface area contributed by atoms with Gasteiger partial charge in [-0.3, -0.25) is 4.79 Å². The third-order valence-electron chi connectivity index (χ3n) is 2.10. The Morgan fingerprint density at radius 2 is 2.25 bits per heavy atom. The van der Waals surface area contributed by atoms with Crippen molar-refractivity contribution in [2.75, 3.05) is 5.32 Å². The largest absolute Gasteiger partial charge is 0.365 e. The van der Waals surface area contributed by atoms with Crippen molar-refractivity contribution in [3.8, 4) is 0 Å². The van der Waals surface area contributed by atoms with Gasteiger partial charge in [0.25, 0.3) is 5.56 Å². The fourth-order valence-electron chi connectivity index (χ4n) is 1.43. The van der Waals surface area contributed by atoms with Crippen LogP contribution in [0.2, 0.25) is 0 Å². The van der Waals surface area contributed by atoms with Crippen molar-refractivity contribution in [1.29, 1.82) is 0 Å². The first kappa shape index (κ1) is 10.9. The van der Waals surface area contributed by atoms with Gasteiger partial charge < -0.3 is 10.3 Å². The maximum absolute atomic E-state index is 11.2. The van der Waals surface area contributed by atoms with Gasteiger partial charge in [-0.1, -0.05) is 0 Å². The van der Waals surface area contributed by atoms with Gasteiger partial charge in [0.1, 0.15) is 11.6 Å². The third-order valence-corrected chi connectivity index (χ3v) is 3.10. The number of hydrogen-bond donors (Lipinski definition) is 2. The summed E-state index contributed by atoms with van der Waals surface area (Å²) in [6.07, 6.45) is 0. The molecule has 0 aromatic carbocycles. The van der Waals surface area contributed by atoms with Crippen molar-refractivity contribution >= 4 is 17.2 Å². The first-order valence-electron chi connectivity index (χ1n) is 5.00. The summed E-state index contributed by atoms with van der Waals surface area (Å²) in [5.41, 5.74) is -0.127. The number of nitrogens with zero attached hydrogens (tertiary/aromatic N) is 1. The summed E-state index contributed by atoms with van der Waals surface area (Å²) in [6.45, 7) is 4.54. The van der Waals surface area contributed by atoms with Gasteiger partial charge in [-0.05, 0) is 26.0 Å². The molecule has 0 radical (unpaired) electrons. The highest BCUT2D eigenvalue weighted by Crippen LogP contribution is 2.15. The monoisotopic (exact) mass is 235 g/mol. The Morgan fingerprint density at radius 3 is 2.88 bits per heavy atom. The number of hydrogen-bond acceptors (Lipinski definition) is 4. The van der Waals surface area contributed by atoms with Gasteiger partial charge in [-0.2, -0.15) is 0 Å². The molecular weight excluding hydrogens is 222 g/mol. The van der Waals surface area contributed by atoms with Crippen molar-refractivity contribution in [2.45, 2.75) is 20.4 Å². The lowest BCUT2D eigenvalue weighted by Crippen LogP contribution is -2.11. The van der Waals surface area contributed by atoms with E-state index in [2.05, 4.69) is 34.3 Å². The zero-order chi connectivity index (χ0) is 11.5. The second kappa shape index (κ2) is 4.49. The number of H-pyrrole nitrogens is 1. The van der Waals surface area contributed by atoms with Crippen LogP contribution in [0.1, 0.15) is 15.6 Å². The van der Waals surface area contributed by atoms with E-state index in [1.165, 1.54) is 15.8 Å². The van der Waals surface area contributed by atoms with E-state index in [4.69, 9.17) is 0 Å². The van der Waals surface area contributed by atoms with Gasteiger partial charge in [0.05, 0.1) is 6.54 Å². The van der Waals surface area contributed by atoms with Gasteiger partial charge in [0, 0.05) is 15.8 Å². The molecule has 84 valence electrons. The number of aromatic amines is 1. The smallest absolute Gasteiger partial charge is 0.252 e. The number of aryl methyl sites for hydroxylation is 2. The minimum atomic E-state index is -0.127. The van der Waals surface area contributed by atoms with Crippen LogP contribution < -0.4 is 10.9 Å². The van der Waals surface area contributed by atoms with Crippen LogP contribution in [-0.4, -0.2) is 9.97 Å². The molecule has 5 heteroatoms. The molecule has 0 spiro atoms. The molecule has 0 aliphatic heterocycles. The van der Waals surface area contributed by atoms with Gasteiger partial charge in [-0.25, -0.2) is 4.98 Å². The average molecular weight is 235 g/mol. The Bertz CT molecular complexity index is 544. The predicted octanol–water partition coefficient (Wildman–Crippen LogP) is 2.06. The highest BCUT2D eigenvalue weighted by Gasteiger charge is 1.99. The highest BCUT2D eigenvalue weighted by atomic mass is 32.1. The summed E-state index contributed by atoms with van der Waals surface area (Å²) in [5.74, 6) is 1.24. The lowest BCUT2D eigenvalue weighted by molar-refractivity contribution is 1.00. The summed E-state index contributed by atoms with van der Waals surface area (Å²) in [4.78, 5) is 20.5. The van der Waals surface area contributed by atoms with Crippen LogP contribution in [0, 0.1) is 13.8 Å². The van der Waals surface area contributed by atoms with Crippen molar-refractivity contribution in [3.05, 3.63) is 44.1 Å². The Labute approximate surface area is 97.4 Å². The second-order valence-corrected chi connectivity index (χ2v) is 4.95. The standard InChI is InChI=1S/C11H13N3OS/c1-7-3-4-9(16-7)6-12-10-5-11(15)14-8(2)13-10/h3-5H,6H2,1-2H3,(H2,12,13,14,15). The number of aromatic nitrogens is 2. The van der Waals surface area contributed by atoms with Crippen molar-refractivity contribution in [1.82, 2.24) is 9.97 Å². The molecule has 16 heavy (non-hydrogen) atoms.